The highest BCUT2D eigenvalue weighted by atomic mass is 32.2. The van der Waals surface area contributed by atoms with Crippen LogP contribution in [0.25, 0.3) is 6.08 Å². The summed E-state index contributed by atoms with van der Waals surface area (Å²) in [5.41, 5.74) is 3.07. The molecule has 0 unspecified atom stereocenters. The smallest absolute Gasteiger partial charge is 0.266 e. The van der Waals surface area contributed by atoms with Gasteiger partial charge in [-0.05, 0) is 53.6 Å². The fraction of sp³-hybridized carbons (Fsp3) is 0.130. The number of thioether (sulfide) groups is 1. The quantitative estimate of drug-likeness (QED) is 0.586. The summed E-state index contributed by atoms with van der Waals surface area (Å²) in [5.74, 6) is 0.0134. The largest absolute Gasteiger partial charge is 0.357 e. The van der Waals surface area contributed by atoms with Crippen LogP contribution in [0.1, 0.15) is 11.1 Å². The summed E-state index contributed by atoms with van der Waals surface area (Å²) < 4.78 is 1.97. The van der Waals surface area contributed by atoms with Gasteiger partial charge in [-0.2, -0.15) is 0 Å². The van der Waals surface area contributed by atoms with E-state index in [4.69, 9.17) is 4.99 Å². The second kappa shape index (κ2) is 8.31. The molecule has 1 aliphatic heterocycles. The van der Waals surface area contributed by atoms with Crippen LogP contribution in [0.4, 0.5) is 5.69 Å². The maximum Gasteiger partial charge on any atom is 0.266 e. The van der Waals surface area contributed by atoms with Crippen LogP contribution >= 0.6 is 11.8 Å². The number of aliphatic imine (C=N–C) groups is 1. The molecule has 28 heavy (non-hydrogen) atoms. The van der Waals surface area contributed by atoms with Gasteiger partial charge in [-0.25, -0.2) is 4.99 Å². The molecule has 4 nitrogen and oxygen atoms in total. The zero-order valence-corrected chi connectivity index (χ0v) is 16.5. The summed E-state index contributed by atoms with van der Waals surface area (Å²) in [7, 11) is 1.97. The Morgan fingerprint density at radius 1 is 1.00 bits per heavy atom. The van der Waals surface area contributed by atoms with E-state index in [1.165, 1.54) is 17.3 Å². The monoisotopic (exact) mass is 387 g/mol. The highest BCUT2D eigenvalue weighted by Gasteiger charge is 2.33. The molecule has 1 aliphatic rings. The van der Waals surface area contributed by atoms with Crippen LogP contribution in [0, 0.1) is 0 Å². The minimum absolute atomic E-state index is 0.0134. The molecule has 2 heterocycles. The molecule has 0 bridgehead atoms. The number of para-hydroxylation sites is 1. The summed E-state index contributed by atoms with van der Waals surface area (Å²) in [6.07, 6.45) is 6.71. The molecule has 1 aromatic heterocycles. The third kappa shape index (κ3) is 4.26. The molecule has 1 fully saturated rings. The fourth-order valence-corrected chi connectivity index (χ4v) is 4.07. The summed E-state index contributed by atoms with van der Waals surface area (Å²) in [4.78, 5) is 20.3. The van der Waals surface area contributed by atoms with E-state index in [1.807, 2.05) is 84.7 Å². The van der Waals surface area contributed by atoms with E-state index in [0.29, 0.717) is 11.4 Å². The minimum atomic E-state index is 0.0134. The Morgan fingerprint density at radius 2 is 1.71 bits per heavy atom. The summed E-state index contributed by atoms with van der Waals surface area (Å²) in [5, 5.41) is 0.731. The molecule has 3 aromatic rings. The first-order chi connectivity index (χ1) is 13.7. The van der Waals surface area contributed by atoms with Crippen molar-refractivity contribution in [2.45, 2.75) is 6.42 Å². The molecule has 4 rings (SSSR count). The number of aryl methyl sites for hydroxylation is 1. The van der Waals surface area contributed by atoms with Crippen molar-refractivity contribution >= 4 is 34.6 Å². The lowest BCUT2D eigenvalue weighted by Crippen LogP contribution is -2.31. The second-order valence-electron chi connectivity index (χ2n) is 6.64. The Hall–Kier alpha value is -3.05. The highest BCUT2D eigenvalue weighted by Crippen LogP contribution is 2.34. The minimum Gasteiger partial charge on any atom is -0.357 e. The number of hydrogen-bond donors (Lipinski definition) is 0. The maximum absolute atomic E-state index is 13.1. The fourth-order valence-electron chi connectivity index (χ4n) is 3.05. The first-order valence-corrected chi connectivity index (χ1v) is 10.0. The van der Waals surface area contributed by atoms with Gasteiger partial charge in [-0.15, -0.1) is 0 Å². The Kier molecular flexibility index (Phi) is 5.44. The molecular weight excluding hydrogens is 366 g/mol. The second-order valence-corrected chi connectivity index (χ2v) is 7.65. The molecule has 0 radical (unpaired) electrons. The molecule has 0 spiro atoms. The molecule has 140 valence electrons. The van der Waals surface area contributed by atoms with Crippen molar-refractivity contribution in [2.24, 2.45) is 12.0 Å². The Bertz CT molecular complexity index is 1020. The van der Waals surface area contributed by atoms with E-state index in [2.05, 4.69) is 12.1 Å². The predicted molar refractivity (Wildman–Crippen MR) is 116 cm³/mol. The number of carbonyl (C=O) groups is 1. The number of benzene rings is 2. The van der Waals surface area contributed by atoms with Crippen LogP contribution in [0.5, 0.6) is 0 Å². The molecule has 2 aromatic carbocycles. The molecule has 0 N–H and O–H groups in total. The number of rotatable bonds is 5. The normalized spacial score (nSPS) is 17.0. The summed E-state index contributed by atoms with van der Waals surface area (Å²) >= 11 is 1.44. The lowest BCUT2D eigenvalue weighted by molar-refractivity contribution is -0.122. The standard InChI is InChI=1S/C23H21N3OS/c1-25-14-12-19(17-25)16-21-22(27)26(15-13-18-8-4-2-5-9-18)23(28-21)24-20-10-6-3-7-11-20/h2-12,14,16-17H,13,15H2,1H3/b21-16+,24-23?. The van der Waals surface area contributed by atoms with Gasteiger partial charge in [0.2, 0.25) is 0 Å². The topological polar surface area (TPSA) is 37.6 Å². The van der Waals surface area contributed by atoms with Crippen LogP contribution in [-0.4, -0.2) is 27.1 Å². The number of nitrogens with zero attached hydrogens (tertiary/aromatic N) is 3. The molecular formula is C23H21N3OS. The Morgan fingerprint density at radius 3 is 2.39 bits per heavy atom. The molecule has 0 atom stereocenters. The van der Waals surface area contributed by atoms with Gasteiger partial charge < -0.3 is 4.57 Å². The lowest BCUT2D eigenvalue weighted by atomic mass is 10.1. The van der Waals surface area contributed by atoms with Crippen LogP contribution in [0.3, 0.4) is 0 Å². The van der Waals surface area contributed by atoms with E-state index in [1.54, 1.807) is 4.90 Å². The van der Waals surface area contributed by atoms with E-state index in [0.717, 1.165) is 22.8 Å². The molecule has 1 amide bonds. The van der Waals surface area contributed by atoms with Crippen molar-refractivity contribution < 1.29 is 4.79 Å². The van der Waals surface area contributed by atoms with Crippen LogP contribution in [0.2, 0.25) is 0 Å². The number of carbonyl (C=O) groups excluding carboxylic acids is 1. The van der Waals surface area contributed by atoms with E-state index < -0.39 is 0 Å². The van der Waals surface area contributed by atoms with Crippen molar-refractivity contribution in [3.8, 4) is 0 Å². The lowest BCUT2D eigenvalue weighted by Gasteiger charge is -2.15. The van der Waals surface area contributed by atoms with Crippen molar-refractivity contribution in [3.05, 3.63) is 95.2 Å². The third-order valence-electron chi connectivity index (χ3n) is 4.49. The summed E-state index contributed by atoms with van der Waals surface area (Å²) in [6.45, 7) is 0.605. The van der Waals surface area contributed by atoms with Crippen LogP contribution in [0.15, 0.2) is 89.0 Å². The van der Waals surface area contributed by atoms with Gasteiger partial charge in [-0.3, -0.25) is 9.69 Å². The van der Waals surface area contributed by atoms with Crippen molar-refractivity contribution in [1.29, 1.82) is 0 Å². The Labute approximate surface area is 169 Å². The maximum atomic E-state index is 13.1. The number of aromatic nitrogens is 1. The van der Waals surface area contributed by atoms with Crippen LogP contribution in [-0.2, 0) is 18.3 Å². The van der Waals surface area contributed by atoms with Gasteiger partial charge in [0.25, 0.3) is 5.91 Å². The van der Waals surface area contributed by atoms with Crippen molar-refractivity contribution in [2.75, 3.05) is 6.54 Å². The zero-order valence-electron chi connectivity index (χ0n) is 15.7. The van der Waals surface area contributed by atoms with Crippen LogP contribution < -0.4 is 0 Å². The first kappa shape index (κ1) is 18.3. The zero-order chi connectivity index (χ0) is 19.3. The van der Waals surface area contributed by atoms with Gasteiger partial charge in [0.05, 0.1) is 10.6 Å². The SMILES string of the molecule is Cn1ccc(/C=C2/SC(=Nc3ccccc3)N(CCc3ccccc3)C2=O)c1. The first-order valence-electron chi connectivity index (χ1n) is 9.20. The highest BCUT2D eigenvalue weighted by molar-refractivity contribution is 8.18. The van der Waals surface area contributed by atoms with Gasteiger partial charge in [0.1, 0.15) is 0 Å². The van der Waals surface area contributed by atoms with Gasteiger partial charge in [0.15, 0.2) is 5.17 Å². The average Bonchev–Trinajstić information content (AvgIpc) is 3.25. The van der Waals surface area contributed by atoms with Gasteiger partial charge in [-0.1, -0.05) is 48.5 Å². The number of hydrogen-bond acceptors (Lipinski definition) is 3. The molecule has 0 aliphatic carbocycles. The molecule has 5 heteroatoms. The van der Waals surface area contributed by atoms with Crippen molar-refractivity contribution in [1.82, 2.24) is 9.47 Å². The number of amidine groups is 1. The Balaban J connectivity index is 1.62. The van der Waals surface area contributed by atoms with Gasteiger partial charge >= 0.3 is 0 Å². The molecule has 0 saturated carbocycles. The number of amides is 1. The van der Waals surface area contributed by atoms with Crippen molar-refractivity contribution in [3.63, 3.8) is 0 Å². The average molecular weight is 388 g/mol. The van der Waals surface area contributed by atoms with E-state index in [9.17, 15) is 4.79 Å². The summed E-state index contributed by atoms with van der Waals surface area (Å²) in [6, 6.07) is 22.0. The predicted octanol–water partition coefficient (Wildman–Crippen LogP) is 4.87. The van der Waals surface area contributed by atoms with Gasteiger partial charge in [0, 0.05) is 26.0 Å². The third-order valence-corrected chi connectivity index (χ3v) is 5.50. The van der Waals surface area contributed by atoms with E-state index in [-0.39, 0.29) is 5.91 Å². The van der Waals surface area contributed by atoms with E-state index >= 15 is 0 Å². The molecule has 1 saturated heterocycles.